The lowest BCUT2D eigenvalue weighted by atomic mass is 10.1. The van der Waals surface area contributed by atoms with Crippen molar-refractivity contribution in [2.45, 2.75) is 45.8 Å². The minimum atomic E-state index is -0.0120. The van der Waals surface area contributed by atoms with Gasteiger partial charge in [0.1, 0.15) is 5.82 Å². The van der Waals surface area contributed by atoms with Gasteiger partial charge in [-0.15, -0.1) is 0 Å². The predicted octanol–water partition coefficient (Wildman–Crippen LogP) is 4.12. The third-order valence-corrected chi connectivity index (χ3v) is 5.55. The van der Waals surface area contributed by atoms with Crippen LogP contribution in [0.4, 0.5) is 4.79 Å². The molecule has 0 atom stereocenters. The fourth-order valence-corrected chi connectivity index (χ4v) is 3.70. The number of imidazole rings is 1. The molecule has 1 saturated carbocycles. The summed E-state index contributed by atoms with van der Waals surface area (Å²) in [6, 6.07) is 6.58. The Morgan fingerprint density at radius 1 is 1.36 bits per heavy atom. The van der Waals surface area contributed by atoms with Gasteiger partial charge in [-0.2, -0.15) is 11.3 Å². The number of carbonyl (C=O) groups is 1. The number of aromatic nitrogens is 2. The third-order valence-electron chi connectivity index (χ3n) is 4.82. The molecule has 130 valence electrons. The highest BCUT2D eigenvalue weighted by Crippen LogP contribution is 2.28. The second-order valence-electron chi connectivity index (χ2n) is 6.74. The number of fused-ring (bicyclic) bond motifs is 1. The maximum atomic E-state index is 12.6. The molecule has 0 saturated heterocycles. The minimum absolute atomic E-state index is 0.0120. The van der Waals surface area contributed by atoms with Gasteiger partial charge < -0.3 is 15.2 Å². The van der Waals surface area contributed by atoms with Gasteiger partial charge in [-0.1, -0.05) is 6.07 Å². The molecule has 2 N–H and O–H groups in total. The lowest BCUT2D eigenvalue weighted by Crippen LogP contribution is -2.40. The first-order chi connectivity index (χ1) is 12.1. The molecule has 2 heterocycles. The Balaban J connectivity index is 1.44. The highest BCUT2D eigenvalue weighted by atomic mass is 32.1. The van der Waals surface area contributed by atoms with Crippen LogP contribution in [-0.4, -0.2) is 26.9 Å². The molecule has 1 aliphatic carbocycles. The molecule has 2 amide bonds. The van der Waals surface area contributed by atoms with Crippen LogP contribution in [-0.2, 0) is 13.1 Å². The summed E-state index contributed by atoms with van der Waals surface area (Å²) < 4.78 is 0. The van der Waals surface area contributed by atoms with Crippen LogP contribution in [0.1, 0.15) is 35.4 Å². The second kappa shape index (κ2) is 6.52. The Kier molecular flexibility index (Phi) is 4.21. The van der Waals surface area contributed by atoms with Crippen molar-refractivity contribution in [3.8, 4) is 0 Å². The monoisotopic (exact) mass is 354 g/mol. The maximum absolute atomic E-state index is 12.6. The van der Waals surface area contributed by atoms with E-state index in [-0.39, 0.29) is 6.03 Å². The molecular weight excluding hydrogens is 332 g/mol. The minimum Gasteiger partial charge on any atom is -0.340 e. The zero-order valence-electron chi connectivity index (χ0n) is 14.5. The number of nitrogens with one attached hydrogen (secondary N) is 2. The van der Waals surface area contributed by atoms with Gasteiger partial charge in [0.2, 0.25) is 0 Å². The Morgan fingerprint density at radius 3 is 2.92 bits per heavy atom. The molecule has 2 aromatic heterocycles. The molecule has 5 nitrogen and oxygen atoms in total. The van der Waals surface area contributed by atoms with E-state index in [2.05, 4.69) is 52.0 Å². The van der Waals surface area contributed by atoms with Crippen molar-refractivity contribution in [2.75, 3.05) is 0 Å². The van der Waals surface area contributed by atoms with Crippen LogP contribution in [0, 0.1) is 13.8 Å². The van der Waals surface area contributed by atoms with Crippen LogP contribution in [0.25, 0.3) is 11.0 Å². The van der Waals surface area contributed by atoms with Gasteiger partial charge in [-0.25, -0.2) is 9.78 Å². The molecule has 0 bridgehead atoms. The van der Waals surface area contributed by atoms with Crippen molar-refractivity contribution in [1.82, 2.24) is 20.2 Å². The van der Waals surface area contributed by atoms with Crippen LogP contribution in [0.5, 0.6) is 0 Å². The molecule has 1 aromatic carbocycles. The SMILES string of the molecule is Cc1ccc2[nH]c(CNC(=O)N(Cc3ccsc3)C3CC3)nc2c1C. The largest absolute Gasteiger partial charge is 0.340 e. The first-order valence-corrected chi connectivity index (χ1v) is 9.56. The molecule has 6 heteroatoms. The topological polar surface area (TPSA) is 61.0 Å². The van der Waals surface area contributed by atoms with Crippen molar-refractivity contribution < 1.29 is 4.79 Å². The predicted molar refractivity (Wildman–Crippen MR) is 101 cm³/mol. The van der Waals surface area contributed by atoms with E-state index in [0.29, 0.717) is 19.1 Å². The van der Waals surface area contributed by atoms with E-state index < -0.39 is 0 Å². The molecule has 25 heavy (non-hydrogen) atoms. The fourth-order valence-electron chi connectivity index (χ4n) is 3.04. The van der Waals surface area contributed by atoms with E-state index in [9.17, 15) is 4.79 Å². The van der Waals surface area contributed by atoms with Gasteiger partial charge in [0.15, 0.2) is 0 Å². The normalized spacial score (nSPS) is 14.0. The smallest absolute Gasteiger partial charge is 0.318 e. The fraction of sp³-hybridized carbons (Fsp3) is 0.368. The van der Waals surface area contributed by atoms with Gasteiger partial charge in [-0.3, -0.25) is 0 Å². The second-order valence-corrected chi connectivity index (χ2v) is 7.52. The highest BCUT2D eigenvalue weighted by Gasteiger charge is 2.32. The number of carbonyl (C=O) groups excluding carboxylic acids is 1. The molecule has 4 rings (SSSR count). The maximum Gasteiger partial charge on any atom is 0.318 e. The Bertz CT molecular complexity index is 896. The first-order valence-electron chi connectivity index (χ1n) is 8.62. The van der Waals surface area contributed by atoms with E-state index in [1.165, 1.54) is 16.7 Å². The summed E-state index contributed by atoms with van der Waals surface area (Å²) in [6.07, 6.45) is 2.20. The van der Waals surface area contributed by atoms with Gasteiger partial charge >= 0.3 is 6.03 Å². The number of aryl methyl sites for hydroxylation is 2. The summed E-state index contributed by atoms with van der Waals surface area (Å²) in [7, 11) is 0. The number of amides is 2. The van der Waals surface area contributed by atoms with Crippen molar-refractivity contribution >= 4 is 28.4 Å². The van der Waals surface area contributed by atoms with Crippen LogP contribution in [0.2, 0.25) is 0 Å². The number of benzene rings is 1. The summed E-state index contributed by atoms with van der Waals surface area (Å²) in [6.45, 7) is 5.26. The van der Waals surface area contributed by atoms with Crippen LogP contribution < -0.4 is 5.32 Å². The Hall–Kier alpha value is -2.34. The summed E-state index contributed by atoms with van der Waals surface area (Å²) in [5.41, 5.74) is 5.61. The summed E-state index contributed by atoms with van der Waals surface area (Å²) in [5.74, 6) is 0.795. The van der Waals surface area contributed by atoms with Crippen molar-refractivity contribution in [1.29, 1.82) is 0 Å². The average Bonchev–Trinajstić information content (AvgIpc) is 3.15. The quantitative estimate of drug-likeness (QED) is 0.724. The van der Waals surface area contributed by atoms with E-state index in [4.69, 9.17) is 0 Å². The molecule has 0 unspecified atom stereocenters. The van der Waals surface area contributed by atoms with Crippen LogP contribution in [0.3, 0.4) is 0 Å². The van der Waals surface area contributed by atoms with Crippen LogP contribution in [0.15, 0.2) is 29.0 Å². The average molecular weight is 354 g/mol. The molecule has 1 fully saturated rings. The van der Waals surface area contributed by atoms with E-state index in [0.717, 1.165) is 29.7 Å². The lowest BCUT2D eigenvalue weighted by Gasteiger charge is -2.22. The van der Waals surface area contributed by atoms with E-state index in [1.807, 2.05) is 11.0 Å². The number of rotatable bonds is 5. The third kappa shape index (κ3) is 3.39. The Morgan fingerprint density at radius 2 is 2.20 bits per heavy atom. The lowest BCUT2D eigenvalue weighted by molar-refractivity contribution is 0.191. The van der Waals surface area contributed by atoms with Gasteiger partial charge in [0, 0.05) is 12.6 Å². The van der Waals surface area contributed by atoms with Crippen molar-refractivity contribution in [3.63, 3.8) is 0 Å². The van der Waals surface area contributed by atoms with Crippen molar-refractivity contribution in [2.24, 2.45) is 0 Å². The summed E-state index contributed by atoms with van der Waals surface area (Å²) in [4.78, 5) is 22.5. The number of urea groups is 1. The molecule has 0 radical (unpaired) electrons. The highest BCUT2D eigenvalue weighted by molar-refractivity contribution is 7.07. The van der Waals surface area contributed by atoms with Crippen LogP contribution >= 0.6 is 11.3 Å². The first kappa shape index (κ1) is 16.1. The van der Waals surface area contributed by atoms with Gasteiger partial charge in [0.05, 0.1) is 17.6 Å². The number of hydrogen-bond donors (Lipinski definition) is 2. The van der Waals surface area contributed by atoms with Gasteiger partial charge in [0.25, 0.3) is 0 Å². The van der Waals surface area contributed by atoms with E-state index in [1.54, 1.807) is 11.3 Å². The standard InChI is InChI=1S/C19H22N4OS/c1-12-3-6-16-18(13(12)2)22-17(21-16)9-20-19(24)23(15-4-5-15)10-14-7-8-25-11-14/h3,6-8,11,15H,4-5,9-10H2,1-2H3,(H,20,24)(H,21,22). The van der Waals surface area contributed by atoms with Gasteiger partial charge in [-0.05, 0) is 66.3 Å². The number of H-pyrrole nitrogens is 1. The molecular formula is C19H22N4OS. The number of aromatic amines is 1. The zero-order chi connectivity index (χ0) is 17.4. The zero-order valence-corrected chi connectivity index (χ0v) is 15.3. The Labute approximate surface area is 151 Å². The summed E-state index contributed by atoms with van der Waals surface area (Å²) in [5, 5.41) is 7.18. The molecule has 3 aromatic rings. The number of nitrogens with zero attached hydrogens (tertiary/aromatic N) is 2. The number of hydrogen-bond acceptors (Lipinski definition) is 3. The molecule has 0 aliphatic heterocycles. The molecule has 1 aliphatic rings. The molecule has 0 spiro atoms. The van der Waals surface area contributed by atoms with E-state index >= 15 is 0 Å². The summed E-state index contributed by atoms with van der Waals surface area (Å²) >= 11 is 1.67. The number of thiophene rings is 1. The van der Waals surface area contributed by atoms with Crippen molar-refractivity contribution in [3.05, 3.63) is 51.5 Å².